The van der Waals surface area contributed by atoms with Crippen LogP contribution in [0.2, 0.25) is 0 Å². The highest BCUT2D eigenvalue weighted by Gasteiger charge is 2.41. The van der Waals surface area contributed by atoms with E-state index in [2.05, 4.69) is 5.32 Å². The third kappa shape index (κ3) is 3.10. The number of aryl methyl sites for hydroxylation is 1. The molecule has 0 saturated heterocycles. The van der Waals surface area contributed by atoms with Gasteiger partial charge in [0.05, 0.1) is 5.56 Å². The summed E-state index contributed by atoms with van der Waals surface area (Å²) in [5, 5.41) is 2.72. The summed E-state index contributed by atoms with van der Waals surface area (Å²) in [5.41, 5.74) is 5.76. The lowest BCUT2D eigenvalue weighted by Crippen LogP contribution is -2.32. The van der Waals surface area contributed by atoms with Crippen LogP contribution in [0.5, 0.6) is 0 Å². The molecule has 3 nitrogen and oxygen atoms in total. The second-order valence-corrected chi connectivity index (χ2v) is 5.30. The van der Waals surface area contributed by atoms with Gasteiger partial charge in [-0.3, -0.25) is 4.79 Å². The summed E-state index contributed by atoms with van der Waals surface area (Å²) >= 11 is 0. The molecule has 0 spiro atoms. The van der Waals surface area contributed by atoms with Gasteiger partial charge in [-0.2, -0.15) is 0 Å². The fraction of sp³-hybridized carbons (Fsp3) is 0.500. The number of amides is 1. The molecule has 0 unspecified atom stereocenters. The van der Waals surface area contributed by atoms with Gasteiger partial charge in [-0.15, -0.1) is 0 Å². The number of nitrogens with two attached hydrogens (primary N) is 1. The Kier molecular flexibility index (Phi) is 3.85. The van der Waals surface area contributed by atoms with Crippen LogP contribution in [-0.2, 0) is 0 Å². The summed E-state index contributed by atoms with van der Waals surface area (Å²) in [6.45, 7) is 2.58. The minimum absolute atomic E-state index is 0.0932. The highest BCUT2D eigenvalue weighted by molar-refractivity contribution is 5.94. The van der Waals surface area contributed by atoms with Gasteiger partial charge in [0.2, 0.25) is 0 Å². The van der Waals surface area contributed by atoms with Crippen LogP contribution in [0.25, 0.3) is 0 Å². The molecule has 104 valence electrons. The van der Waals surface area contributed by atoms with Crippen LogP contribution in [-0.4, -0.2) is 19.0 Å². The van der Waals surface area contributed by atoms with Gasteiger partial charge in [0.15, 0.2) is 0 Å². The van der Waals surface area contributed by atoms with Crippen molar-refractivity contribution >= 4 is 5.91 Å². The molecule has 1 aromatic carbocycles. The monoisotopic (exact) mass is 268 g/mol. The van der Waals surface area contributed by atoms with Gasteiger partial charge in [-0.25, -0.2) is 8.78 Å². The van der Waals surface area contributed by atoms with E-state index in [1.54, 1.807) is 0 Å². The van der Waals surface area contributed by atoms with Crippen molar-refractivity contribution in [1.29, 1.82) is 0 Å². The molecule has 0 aromatic heterocycles. The van der Waals surface area contributed by atoms with Crippen LogP contribution >= 0.6 is 0 Å². The molecule has 0 aliphatic heterocycles. The predicted octanol–water partition coefficient (Wildman–Crippen LogP) is 2.13. The Bertz CT molecular complexity index is 498. The molecule has 1 saturated carbocycles. The summed E-state index contributed by atoms with van der Waals surface area (Å²) in [4.78, 5) is 11.9. The highest BCUT2D eigenvalue weighted by Crippen LogP contribution is 2.47. The van der Waals surface area contributed by atoms with Crippen LogP contribution in [0.3, 0.4) is 0 Å². The Balaban J connectivity index is 2.02. The van der Waals surface area contributed by atoms with Crippen LogP contribution in [0.15, 0.2) is 12.1 Å². The van der Waals surface area contributed by atoms with Crippen molar-refractivity contribution in [2.45, 2.75) is 26.2 Å². The number of halogens is 2. The largest absolute Gasteiger partial charge is 0.351 e. The summed E-state index contributed by atoms with van der Waals surface area (Å²) < 4.78 is 26.7. The number of rotatable bonds is 5. The van der Waals surface area contributed by atoms with Crippen molar-refractivity contribution in [2.75, 3.05) is 13.1 Å². The number of nitrogens with one attached hydrogen (secondary N) is 1. The summed E-state index contributed by atoms with van der Waals surface area (Å²) in [7, 11) is 0. The van der Waals surface area contributed by atoms with Crippen LogP contribution in [0.4, 0.5) is 8.78 Å². The van der Waals surface area contributed by atoms with E-state index < -0.39 is 17.5 Å². The molecule has 1 aromatic rings. The summed E-state index contributed by atoms with van der Waals surface area (Å²) in [6.07, 6.45) is 2.93. The molecule has 0 radical (unpaired) electrons. The molecule has 0 heterocycles. The van der Waals surface area contributed by atoms with Gasteiger partial charge in [-0.05, 0) is 49.8 Å². The average molecular weight is 268 g/mol. The van der Waals surface area contributed by atoms with E-state index in [1.807, 2.05) is 0 Å². The molecule has 1 aliphatic rings. The first kappa shape index (κ1) is 13.9. The van der Waals surface area contributed by atoms with E-state index in [0.29, 0.717) is 13.1 Å². The van der Waals surface area contributed by atoms with Gasteiger partial charge in [0.25, 0.3) is 5.91 Å². The molecule has 0 atom stereocenters. The Morgan fingerprint density at radius 1 is 1.37 bits per heavy atom. The fourth-order valence-corrected chi connectivity index (χ4v) is 2.19. The molecular formula is C14H18F2N2O. The Morgan fingerprint density at radius 3 is 2.63 bits per heavy atom. The molecule has 19 heavy (non-hydrogen) atoms. The van der Waals surface area contributed by atoms with E-state index in [-0.39, 0.29) is 16.5 Å². The number of benzene rings is 1. The third-order valence-corrected chi connectivity index (χ3v) is 3.75. The van der Waals surface area contributed by atoms with E-state index in [9.17, 15) is 13.6 Å². The predicted molar refractivity (Wildman–Crippen MR) is 68.8 cm³/mol. The molecule has 1 aliphatic carbocycles. The smallest absolute Gasteiger partial charge is 0.254 e. The second-order valence-electron chi connectivity index (χ2n) is 5.30. The van der Waals surface area contributed by atoms with Gasteiger partial charge in [0.1, 0.15) is 11.6 Å². The molecule has 2 rings (SSSR count). The number of carbonyl (C=O) groups excluding carboxylic acids is 1. The average Bonchev–Trinajstić information content (AvgIpc) is 3.12. The Labute approximate surface area is 111 Å². The summed E-state index contributed by atoms with van der Waals surface area (Å²) in [5.74, 6) is -1.97. The quantitative estimate of drug-likeness (QED) is 0.859. The number of hydrogen-bond donors (Lipinski definition) is 2. The fourth-order valence-electron chi connectivity index (χ4n) is 2.19. The van der Waals surface area contributed by atoms with E-state index >= 15 is 0 Å². The van der Waals surface area contributed by atoms with Crippen molar-refractivity contribution in [3.8, 4) is 0 Å². The number of carbonyl (C=O) groups is 1. The van der Waals surface area contributed by atoms with Gasteiger partial charge < -0.3 is 11.1 Å². The van der Waals surface area contributed by atoms with Gasteiger partial charge >= 0.3 is 0 Å². The molecule has 1 amide bonds. The first-order valence-corrected chi connectivity index (χ1v) is 6.41. The maximum absolute atomic E-state index is 13.5. The SMILES string of the molecule is Cc1cc(C(=O)NCC2(CCN)CC2)c(F)cc1F. The lowest BCUT2D eigenvalue weighted by molar-refractivity contribution is 0.0940. The second kappa shape index (κ2) is 5.25. The topological polar surface area (TPSA) is 55.1 Å². The van der Waals surface area contributed by atoms with Crippen LogP contribution in [0.1, 0.15) is 35.2 Å². The van der Waals surface area contributed by atoms with Crippen molar-refractivity contribution in [3.05, 3.63) is 34.9 Å². The zero-order chi connectivity index (χ0) is 14.0. The summed E-state index contributed by atoms with van der Waals surface area (Å²) in [6, 6.07) is 1.99. The first-order chi connectivity index (χ1) is 8.97. The zero-order valence-electron chi connectivity index (χ0n) is 10.9. The van der Waals surface area contributed by atoms with Crippen molar-refractivity contribution in [3.63, 3.8) is 0 Å². The first-order valence-electron chi connectivity index (χ1n) is 6.41. The minimum atomic E-state index is -0.829. The number of hydrogen-bond acceptors (Lipinski definition) is 2. The standard InChI is InChI=1S/C14H18F2N2O/c1-9-6-10(12(16)7-11(9)15)13(19)18-8-14(2-3-14)4-5-17/h6-7H,2-5,8,17H2,1H3,(H,18,19). The van der Waals surface area contributed by atoms with Crippen molar-refractivity contribution < 1.29 is 13.6 Å². The molecule has 1 fully saturated rings. The van der Waals surface area contributed by atoms with Crippen LogP contribution < -0.4 is 11.1 Å². The Morgan fingerprint density at radius 2 is 2.05 bits per heavy atom. The van der Waals surface area contributed by atoms with E-state index in [1.165, 1.54) is 13.0 Å². The van der Waals surface area contributed by atoms with E-state index in [4.69, 9.17) is 5.73 Å². The lowest BCUT2D eigenvalue weighted by Gasteiger charge is -2.15. The van der Waals surface area contributed by atoms with Gasteiger partial charge in [-0.1, -0.05) is 0 Å². The van der Waals surface area contributed by atoms with E-state index in [0.717, 1.165) is 25.3 Å². The maximum Gasteiger partial charge on any atom is 0.254 e. The van der Waals surface area contributed by atoms with Crippen LogP contribution in [0, 0.1) is 24.0 Å². The molecule has 0 bridgehead atoms. The molecule has 5 heteroatoms. The third-order valence-electron chi connectivity index (χ3n) is 3.75. The van der Waals surface area contributed by atoms with Crippen molar-refractivity contribution in [2.24, 2.45) is 11.1 Å². The molecular weight excluding hydrogens is 250 g/mol. The van der Waals surface area contributed by atoms with Crippen molar-refractivity contribution in [1.82, 2.24) is 5.32 Å². The van der Waals surface area contributed by atoms with Gasteiger partial charge in [0, 0.05) is 12.6 Å². The normalized spacial score (nSPS) is 16.2. The molecule has 3 N–H and O–H groups in total. The zero-order valence-corrected chi connectivity index (χ0v) is 10.9. The Hall–Kier alpha value is -1.49. The highest BCUT2D eigenvalue weighted by atomic mass is 19.1. The minimum Gasteiger partial charge on any atom is -0.351 e. The maximum atomic E-state index is 13.5. The lowest BCUT2D eigenvalue weighted by atomic mass is 10.0.